The molecule has 0 spiro atoms. The first kappa shape index (κ1) is 20.0. The third-order valence-corrected chi connectivity index (χ3v) is 5.09. The third-order valence-electron chi connectivity index (χ3n) is 3.69. The van der Waals surface area contributed by atoms with Crippen LogP contribution in [0.3, 0.4) is 0 Å². The fraction of sp³-hybridized carbons (Fsp3) is 0.211. The lowest BCUT2D eigenvalue weighted by Crippen LogP contribution is -2.32. The normalized spacial score (nSPS) is 10.4. The second-order valence-electron chi connectivity index (χ2n) is 5.61. The van der Waals surface area contributed by atoms with Crippen LogP contribution in [-0.2, 0) is 10.0 Å². The molecule has 0 aliphatic carbocycles. The Hall–Kier alpha value is -3.36. The zero-order chi connectivity index (χ0) is 19.7. The number of carbonyl (C=O) groups is 1. The Morgan fingerprint density at radius 2 is 1.59 bits per heavy atom. The number of nitrogens with zero attached hydrogens (tertiary/aromatic N) is 3. The molecular weight excluding hydrogens is 364 g/mol. The van der Waals surface area contributed by atoms with E-state index in [0.717, 1.165) is 0 Å². The molecule has 138 valence electrons. The highest BCUT2D eigenvalue weighted by molar-refractivity contribution is 7.92. The van der Waals surface area contributed by atoms with Crippen LogP contribution >= 0.6 is 0 Å². The van der Waals surface area contributed by atoms with Crippen molar-refractivity contribution in [2.45, 2.75) is 17.7 Å². The summed E-state index contributed by atoms with van der Waals surface area (Å²) in [4.78, 5) is 14.2. The van der Waals surface area contributed by atoms with E-state index in [1.54, 1.807) is 36.4 Å². The summed E-state index contributed by atoms with van der Waals surface area (Å²) in [5.41, 5.74) is 0.532. The zero-order valence-electron chi connectivity index (χ0n) is 14.5. The number of hydrogen-bond donors (Lipinski definition) is 1. The lowest BCUT2D eigenvalue weighted by Gasteiger charge is -2.20. The molecule has 1 amide bonds. The van der Waals surface area contributed by atoms with Gasteiger partial charge in [0.2, 0.25) is 0 Å². The number of hydrogen-bond acceptors (Lipinski definition) is 5. The van der Waals surface area contributed by atoms with Gasteiger partial charge in [-0.25, -0.2) is 8.42 Å². The molecule has 2 rings (SSSR count). The van der Waals surface area contributed by atoms with Crippen LogP contribution in [0, 0.1) is 22.7 Å². The van der Waals surface area contributed by atoms with Crippen LogP contribution in [0.2, 0.25) is 0 Å². The topological polar surface area (TPSA) is 114 Å². The lowest BCUT2D eigenvalue weighted by atomic mass is 10.1. The molecule has 0 radical (unpaired) electrons. The quantitative estimate of drug-likeness (QED) is 0.754. The standard InChI is InChI=1S/C19H18N4O3S/c20-11-5-13-23(14-6-12-21)19(24)16-7-4-8-17(15-16)22-27(25,26)18-9-2-1-3-10-18/h1-4,7-10,15,22H,5-6,13-14H2. The summed E-state index contributed by atoms with van der Waals surface area (Å²) in [5, 5.41) is 17.5. The van der Waals surface area contributed by atoms with Gasteiger partial charge in [-0.2, -0.15) is 10.5 Å². The Balaban J connectivity index is 2.22. The predicted molar refractivity (Wildman–Crippen MR) is 100 cm³/mol. The molecule has 0 atom stereocenters. The van der Waals surface area contributed by atoms with Crippen molar-refractivity contribution in [1.29, 1.82) is 10.5 Å². The maximum absolute atomic E-state index is 12.7. The SMILES string of the molecule is N#CCCN(CCC#N)C(=O)c1cccc(NS(=O)(=O)c2ccccc2)c1. The third kappa shape index (κ3) is 5.56. The molecule has 0 bridgehead atoms. The van der Waals surface area contributed by atoms with E-state index in [2.05, 4.69) is 4.72 Å². The minimum absolute atomic E-state index is 0.117. The molecule has 0 heterocycles. The van der Waals surface area contributed by atoms with Crippen molar-refractivity contribution in [3.05, 3.63) is 60.2 Å². The van der Waals surface area contributed by atoms with E-state index in [-0.39, 0.29) is 48.0 Å². The highest BCUT2D eigenvalue weighted by Gasteiger charge is 2.18. The number of anilines is 1. The first-order chi connectivity index (χ1) is 13.0. The average Bonchev–Trinajstić information content (AvgIpc) is 2.68. The summed E-state index contributed by atoms with van der Waals surface area (Å²) in [7, 11) is -3.77. The lowest BCUT2D eigenvalue weighted by molar-refractivity contribution is 0.0762. The van der Waals surface area contributed by atoms with Crippen molar-refractivity contribution < 1.29 is 13.2 Å². The van der Waals surface area contributed by atoms with E-state index in [0.29, 0.717) is 0 Å². The van der Waals surface area contributed by atoms with E-state index in [1.807, 2.05) is 12.1 Å². The van der Waals surface area contributed by atoms with Crippen LogP contribution in [-0.4, -0.2) is 32.3 Å². The van der Waals surface area contributed by atoms with Crippen molar-refractivity contribution in [3.8, 4) is 12.1 Å². The molecule has 0 saturated carbocycles. The molecule has 8 heteroatoms. The molecule has 27 heavy (non-hydrogen) atoms. The summed E-state index contributed by atoms with van der Waals surface area (Å²) >= 11 is 0. The minimum atomic E-state index is -3.77. The molecule has 2 aromatic rings. The molecule has 1 N–H and O–H groups in total. The van der Waals surface area contributed by atoms with Gasteiger partial charge in [-0.15, -0.1) is 0 Å². The van der Waals surface area contributed by atoms with Gasteiger partial charge in [-0.1, -0.05) is 24.3 Å². The number of sulfonamides is 1. The van der Waals surface area contributed by atoms with E-state index in [1.165, 1.54) is 23.1 Å². The first-order valence-corrected chi connectivity index (χ1v) is 9.67. The van der Waals surface area contributed by atoms with Gasteiger partial charge in [0, 0.05) is 24.3 Å². The van der Waals surface area contributed by atoms with Crippen LogP contribution in [0.4, 0.5) is 5.69 Å². The summed E-state index contributed by atoms with van der Waals surface area (Å²) in [5.74, 6) is -0.360. The Bertz CT molecular complexity index is 958. The highest BCUT2D eigenvalue weighted by Crippen LogP contribution is 2.18. The molecule has 0 aliphatic heterocycles. The first-order valence-electron chi connectivity index (χ1n) is 8.19. The fourth-order valence-corrected chi connectivity index (χ4v) is 3.47. The van der Waals surface area contributed by atoms with Crippen molar-refractivity contribution in [3.63, 3.8) is 0 Å². The maximum Gasteiger partial charge on any atom is 0.261 e. The van der Waals surface area contributed by atoms with E-state index >= 15 is 0 Å². The molecule has 0 aliphatic rings. The van der Waals surface area contributed by atoms with Crippen LogP contribution in [0.5, 0.6) is 0 Å². The Labute approximate surface area is 158 Å². The van der Waals surface area contributed by atoms with Crippen molar-refractivity contribution in [2.24, 2.45) is 0 Å². The maximum atomic E-state index is 12.7. The smallest absolute Gasteiger partial charge is 0.261 e. The van der Waals surface area contributed by atoms with Gasteiger partial charge < -0.3 is 4.90 Å². The Kier molecular flexibility index (Phi) is 6.93. The number of rotatable bonds is 8. The number of amides is 1. The van der Waals surface area contributed by atoms with Gasteiger partial charge in [0.25, 0.3) is 15.9 Å². The summed E-state index contributed by atoms with van der Waals surface area (Å²) in [6, 6.07) is 18.0. The largest absolute Gasteiger partial charge is 0.337 e. The van der Waals surface area contributed by atoms with Crippen molar-refractivity contribution in [2.75, 3.05) is 17.8 Å². The van der Waals surface area contributed by atoms with E-state index in [4.69, 9.17) is 10.5 Å². The van der Waals surface area contributed by atoms with Gasteiger partial charge in [0.05, 0.1) is 29.9 Å². The van der Waals surface area contributed by atoms with Gasteiger partial charge in [0.1, 0.15) is 0 Å². The van der Waals surface area contributed by atoms with Crippen LogP contribution in [0.1, 0.15) is 23.2 Å². The molecule has 0 saturated heterocycles. The molecule has 7 nitrogen and oxygen atoms in total. The van der Waals surface area contributed by atoms with Gasteiger partial charge in [-0.05, 0) is 30.3 Å². The van der Waals surface area contributed by atoms with E-state index in [9.17, 15) is 13.2 Å². The van der Waals surface area contributed by atoms with E-state index < -0.39 is 10.0 Å². The molecule has 2 aromatic carbocycles. The Morgan fingerprint density at radius 1 is 0.963 bits per heavy atom. The van der Waals surface area contributed by atoms with Crippen LogP contribution in [0.15, 0.2) is 59.5 Å². The van der Waals surface area contributed by atoms with Gasteiger partial charge in [0.15, 0.2) is 0 Å². The number of nitrogens with one attached hydrogen (secondary N) is 1. The zero-order valence-corrected chi connectivity index (χ0v) is 15.3. The molecular formula is C19H18N4O3S. The van der Waals surface area contributed by atoms with Gasteiger partial charge >= 0.3 is 0 Å². The summed E-state index contributed by atoms with van der Waals surface area (Å²) in [6.45, 7) is 0.411. The number of benzene rings is 2. The van der Waals surface area contributed by atoms with Crippen molar-refractivity contribution >= 4 is 21.6 Å². The van der Waals surface area contributed by atoms with Crippen LogP contribution in [0.25, 0.3) is 0 Å². The number of carbonyl (C=O) groups excluding carboxylic acids is 1. The highest BCUT2D eigenvalue weighted by atomic mass is 32.2. The predicted octanol–water partition coefficient (Wildman–Crippen LogP) is 2.76. The van der Waals surface area contributed by atoms with Gasteiger partial charge in [-0.3, -0.25) is 9.52 Å². The average molecular weight is 382 g/mol. The molecule has 0 aromatic heterocycles. The monoisotopic (exact) mass is 382 g/mol. The Morgan fingerprint density at radius 3 is 2.19 bits per heavy atom. The second kappa shape index (κ2) is 9.37. The summed E-state index contributed by atoms with van der Waals surface area (Å²) in [6.07, 6.45) is 0.301. The van der Waals surface area contributed by atoms with Crippen molar-refractivity contribution in [1.82, 2.24) is 4.90 Å². The molecule has 0 unspecified atom stereocenters. The number of nitriles is 2. The fourth-order valence-electron chi connectivity index (χ4n) is 2.40. The molecule has 0 fully saturated rings. The second-order valence-corrected chi connectivity index (χ2v) is 7.29. The summed E-state index contributed by atoms with van der Waals surface area (Å²) < 4.78 is 27.3. The minimum Gasteiger partial charge on any atom is -0.337 e. The van der Waals surface area contributed by atoms with Crippen LogP contribution < -0.4 is 4.72 Å².